The Balaban J connectivity index is 1.32. The normalized spacial score (nSPS) is 11.7. The molecule has 0 aliphatic carbocycles. The molecule has 0 amide bonds. The number of fused-ring (bicyclic) bond motifs is 1. The molecule has 6 heteroatoms. The van der Waals surface area contributed by atoms with Crippen LogP contribution in [0.15, 0.2) is 78.9 Å². The van der Waals surface area contributed by atoms with Gasteiger partial charge in [-0.05, 0) is 37.6 Å². The van der Waals surface area contributed by atoms with Crippen LogP contribution < -0.4 is 14.2 Å². The van der Waals surface area contributed by atoms with Gasteiger partial charge in [-0.3, -0.25) is 0 Å². The molecule has 1 atom stereocenters. The Morgan fingerprint density at radius 3 is 1.61 bits per heavy atom. The number of carbonyl (C=O) groups is 1. The summed E-state index contributed by atoms with van der Waals surface area (Å²) in [5.74, 6) is 1.83. The first-order valence-electron chi connectivity index (χ1n) is 19.0. The van der Waals surface area contributed by atoms with Gasteiger partial charge in [-0.25, -0.2) is 4.79 Å². The fraction of sp³-hybridized carbons (Fsp3) is 0.558. The lowest BCUT2D eigenvalue weighted by molar-refractivity contribution is -0.149. The zero-order valence-corrected chi connectivity index (χ0v) is 30.4. The molecule has 0 saturated heterocycles. The van der Waals surface area contributed by atoms with Gasteiger partial charge in [-0.15, -0.1) is 0 Å². The predicted molar refractivity (Wildman–Crippen MR) is 202 cm³/mol. The number of hydrogen-bond acceptors (Lipinski definition) is 6. The van der Waals surface area contributed by atoms with Crippen molar-refractivity contribution >= 4 is 16.7 Å². The standard InChI is InChI=1S/C43H62O6/c1-4-5-6-7-8-9-10-11-12-13-14-15-16-17-18-24-31-45-34-38(49-43(44)36(2)3)35-48-42-30-29-41(39-27-22-23-28-40(39)42)47-33-32-46-37-25-20-19-21-26-37/h19-23,25-30,38H,2,4-18,24,31-35H2,1,3H3. The molecule has 0 radical (unpaired) electrons. The van der Waals surface area contributed by atoms with Crippen LogP contribution in [0.5, 0.6) is 17.2 Å². The summed E-state index contributed by atoms with van der Waals surface area (Å²) in [5, 5.41) is 1.86. The molecule has 0 aromatic heterocycles. The minimum Gasteiger partial charge on any atom is -0.490 e. The van der Waals surface area contributed by atoms with Gasteiger partial charge >= 0.3 is 5.97 Å². The molecule has 0 spiro atoms. The highest BCUT2D eigenvalue weighted by Crippen LogP contribution is 2.33. The van der Waals surface area contributed by atoms with Crippen molar-refractivity contribution in [3.8, 4) is 17.2 Å². The van der Waals surface area contributed by atoms with E-state index in [-0.39, 0.29) is 13.2 Å². The van der Waals surface area contributed by atoms with Crippen LogP contribution in [0.3, 0.4) is 0 Å². The Kier molecular flexibility index (Phi) is 20.7. The highest BCUT2D eigenvalue weighted by Gasteiger charge is 2.18. The van der Waals surface area contributed by atoms with E-state index in [0.29, 0.717) is 31.1 Å². The lowest BCUT2D eigenvalue weighted by Crippen LogP contribution is -2.30. The summed E-state index contributed by atoms with van der Waals surface area (Å²) in [4.78, 5) is 12.4. The molecule has 1 unspecified atom stereocenters. The molecule has 0 saturated carbocycles. The Morgan fingerprint density at radius 2 is 1.06 bits per heavy atom. The minimum atomic E-state index is -0.546. The van der Waals surface area contributed by atoms with Crippen LogP contribution in [0.1, 0.15) is 117 Å². The maximum absolute atomic E-state index is 12.4. The number of hydrogen-bond donors (Lipinski definition) is 0. The highest BCUT2D eigenvalue weighted by molar-refractivity contribution is 5.93. The van der Waals surface area contributed by atoms with Crippen molar-refractivity contribution in [2.75, 3.05) is 33.0 Å². The average Bonchev–Trinajstić information content (AvgIpc) is 3.12. The zero-order valence-electron chi connectivity index (χ0n) is 30.4. The fourth-order valence-electron chi connectivity index (χ4n) is 5.84. The second kappa shape index (κ2) is 25.5. The van der Waals surface area contributed by atoms with Crippen LogP contribution >= 0.6 is 0 Å². The van der Waals surface area contributed by atoms with Crippen LogP contribution in [-0.2, 0) is 14.3 Å². The van der Waals surface area contributed by atoms with E-state index in [1.165, 1.54) is 89.9 Å². The third-order valence-electron chi connectivity index (χ3n) is 8.69. The molecule has 6 nitrogen and oxygen atoms in total. The molecule has 0 heterocycles. The molecule has 270 valence electrons. The van der Waals surface area contributed by atoms with E-state index in [0.717, 1.165) is 35.1 Å². The van der Waals surface area contributed by atoms with Gasteiger partial charge < -0.3 is 23.7 Å². The number of rotatable bonds is 29. The van der Waals surface area contributed by atoms with E-state index in [1.54, 1.807) is 6.92 Å². The molecule has 0 aliphatic rings. The minimum absolute atomic E-state index is 0.174. The molecule has 49 heavy (non-hydrogen) atoms. The molecule has 3 aromatic carbocycles. The van der Waals surface area contributed by atoms with Gasteiger partial charge in [0.25, 0.3) is 0 Å². The van der Waals surface area contributed by atoms with Crippen molar-refractivity contribution in [3.63, 3.8) is 0 Å². The first kappa shape index (κ1) is 39.9. The Morgan fingerprint density at radius 1 is 0.571 bits per heavy atom. The Bertz CT molecular complexity index is 1310. The quantitative estimate of drug-likeness (QED) is 0.0415. The van der Waals surface area contributed by atoms with Gasteiger partial charge in [0.2, 0.25) is 0 Å². The van der Waals surface area contributed by atoms with E-state index in [2.05, 4.69) is 13.5 Å². The molecule has 0 N–H and O–H groups in total. The maximum Gasteiger partial charge on any atom is 0.333 e. The van der Waals surface area contributed by atoms with Crippen LogP contribution in [0.25, 0.3) is 10.8 Å². The third-order valence-corrected chi connectivity index (χ3v) is 8.69. The van der Waals surface area contributed by atoms with E-state index < -0.39 is 12.1 Å². The average molecular weight is 675 g/mol. The van der Waals surface area contributed by atoms with Gasteiger partial charge in [0.15, 0.2) is 6.10 Å². The maximum atomic E-state index is 12.4. The second-order valence-electron chi connectivity index (χ2n) is 13.1. The summed E-state index contributed by atoms with van der Waals surface area (Å²) in [7, 11) is 0. The van der Waals surface area contributed by atoms with Crippen LogP contribution in [-0.4, -0.2) is 45.1 Å². The topological polar surface area (TPSA) is 63.2 Å². The first-order chi connectivity index (χ1) is 24.1. The summed E-state index contributed by atoms with van der Waals surface area (Å²) in [6.45, 7) is 9.60. The van der Waals surface area contributed by atoms with E-state index in [1.807, 2.05) is 66.7 Å². The van der Waals surface area contributed by atoms with E-state index in [4.69, 9.17) is 23.7 Å². The van der Waals surface area contributed by atoms with Crippen LogP contribution in [0.4, 0.5) is 0 Å². The van der Waals surface area contributed by atoms with Crippen LogP contribution in [0.2, 0.25) is 0 Å². The van der Waals surface area contributed by atoms with Crippen molar-refractivity contribution in [1.29, 1.82) is 0 Å². The summed E-state index contributed by atoms with van der Waals surface area (Å²) in [5.41, 5.74) is 0.353. The lowest BCUT2D eigenvalue weighted by Gasteiger charge is -2.20. The molecule has 0 fully saturated rings. The fourth-order valence-corrected chi connectivity index (χ4v) is 5.84. The van der Waals surface area contributed by atoms with E-state index in [9.17, 15) is 4.79 Å². The largest absolute Gasteiger partial charge is 0.490 e. The monoisotopic (exact) mass is 674 g/mol. The molecule has 3 aromatic rings. The number of carbonyl (C=O) groups excluding carboxylic acids is 1. The summed E-state index contributed by atoms with van der Waals surface area (Å²) in [6.07, 6.45) is 20.9. The van der Waals surface area contributed by atoms with Gasteiger partial charge in [0, 0.05) is 23.0 Å². The molecular formula is C43H62O6. The second-order valence-corrected chi connectivity index (χ2v) is 13.1. The summed E-state index contributed by atoms with van der Waals surface area (Å²) in [6, 6.07) is 21.5. The number of esters is 1. The molecule has 0 aliphatic heterocycles. The van der Waals surface area contributed by atoms with Crippen molar-refractivity contribution in [3.05, 3.63) is 78.9 Å². The van der Waals surface area contributed by atoms with Crippen LogP contribution in [0, 0.1) is 0 Å². The predicted octanol–water partition coefficient (Wildman–Crippen LogP) is 11.4. The van der Waals surface area contributed by atoms with Crippen molar-refractivity contribution < 1.29 is 28.5 Å². The van der Waals surface area contributed by atoms with Gasteiger partial charge in [0.1, 0.15) is 37.1 Å². The van der Waals surface area contributed by atoms with Crippen molar-refractivity contribution in [2.45, 2.75) is 123 Å². The molecule has 0 bridgehead atoms. The number of benzene rings is 3. The lowest BCUT2D eigenvalue weighted by atomic mass is 10.0. The first-order valence-corrected chi connectivity index (χ1v) is 19.0. The number of unbranched alkanes of at least 4 members (excludes halogenated alkanes) is 15. The number of para-hydroxylation sites is 1. The Labute approximate surface area is 296 Å². The van der Waals surface area contributed by atoms with Gasteiger partial charge in [0.05, 0.1) is 6.61 Å². The highest BCUT2D eigenvalue weighted by atomic mass is 16.6. The third kappa shape index (κ3) is 17.1. The van der Waals surface area contributed by atoms with Crippen molar-refractivity contribution in [1.82, 2.24) is 0 Å². The number of ether oxygens (including phenoxy) is 5. The van der Waals surface area contributed by atoms with Crippen molar-refractivity contribution in [2.24, 2.45) is 0 Å². The smallest absolute Gasteiger partial charge is 0.333 e. The summed E-state index contributed by atoms with van der Waals surface area (Å²) >= 11 is 0. The summed E-state index contributed by atoms with van der Waals surface area (Å²) < 4.78 is 29.7. The zero-order chi connectivity index (χ0) is 34.8. The Hall–Kier alpha value is -3.51. The van der Waals surface area contributed by atoms with E-state index >= 15 is 0 Å². The molecule has 3 rings (SSSR count). The van der Waals surface area contributed by atoms with Gasteiger partial charge in [-0.1, -0.05) is 152 Å². The molecular weight excluding hydrogens is 612 g/mol. The SMILES string of the molecule is C=C(C)C(=O)OC(COCCCCCCCCCCCCCCCCCC)COc1ccc(OCCOc2ccccc2)c2ccccc12. The van der Waals surface area contributed by atoms with Gasteiger partial charge in [-0.2, -0.15) is 0 Å².